The maximum absolute atomic E-state index is 12.8. The van der Waals surface area contributed by atoms with E-state index in [1.165, 1.54) is 0 Å². The normalized spacial score (nSPS) is 17.4. The van der Waals surface area contributed by atoms with Crippen molar-refractivity contribution < 1.29 is 9.53 Å². The van der Waals surface area contributed by atoms with Crippen LogP contribution in [0.15, 0.2) is 34.8 Å². The van der Waals surface area contributed by atoms with E-state index in [1.807, 2.05) is 42.2 Å². The summed E-state index contributed by atoms with van der Waals surface area (Å²) in [6, 6.07) is 9.82. The summed E-state index contributed by atoms with van der Waals surface area (Å²) < 4.78 is 6.12. The standard InChI is InChI=1S/C17H20BrN3O2/c1-2-21(10-12-8-9-23-11-12)17(22)16-14(18)15(19-20-16)13-6-4-3-5-7-13/h3-7,12H,2,8-11H2,1H3,(H,19,20)/t12-/m0/s1. The van der Waals surface area contributed by atoms with Gasteiger partial charge in [-0.15, -0.1) is 0 Å². The molecule has 1 aromatic carbocycles. The molecule has 1 aliphatic heterocycles. The fourth-order valence-corrected chi connectivity index (χ4v) is 3.39. The minimum atomic E-state index is -0.0269. The lowest BCUT2D eigenvalue weighted by molar-refractivity contribution is 0.0724. The van der Waals surface area contributed by atoms with Gasteiger partial charge in [-0.2, -0.15) is 5.10 Å². The molecule has 23 heavy (non-hydrogen) atoms. The molecule has 5 nitrogen and oxygen atoms in total. The quantitative estimate of drug-likeness (QED) is 0.868. The van der Waals surface area contributed by atoms with Crippen molar-refractivity contribution in [2.24, 2.45) is 5.92 Å². The molecule has 3 rings (SSSR count). The van der Waals surface area contributed by atoms with Gasteiger partial charge >= 0.3 is 0 Å². The molecular weight excluding hydrogens is 358 g/mol. The van der Waals surface area contributed by atoms with Crippen molar-refractivity contribution in [3.63, 3.8) is 0 Å². The summed E-state index contributed by atoms with van der Waals surface area (Å²) >= 11 is 3.53. The molecule has 0 spiro atoms. The largest absolute Gasteiger partial charge is 0.381 e. The van der Waals surface area contributed by atoms with Crippen LogP contribution < -0.4 is 0 Å². The summed E-state index contributed by atoms with van der Waals surface area (Å²) in [4.78, 5) is 14.7. The molecule has 6 heteroatoms. The first-order valence-corrected chi connectivity index (χ1v) is 8.66. The Labute approximate surface area is 144 Å². The number of amides is 1. The van der Waals surface area contributed by atoms with E-state index in [9.17, 15) is 4.79 Å². The van der Waals surface area contributed by atoms with Crippen LogP contribution in [-0.4, -0.2) is 47.3 Å². The second-order valence-corrected chi connectivity index (χ2v) is 6.49. The number of benzene rings is 1. The van der Waals surface area contributed by atoms with E-state index in [0.29, 0.717) is 18.2 Å². The zero-order valence-electron chi connectivity index (χ0n) is 13.1. The van der Waals surface area contributed by atoms with E-state index in [2.05, 4.69) is 26.1 Å². The molecule has 0 bridgehead atoms. The molecule has 0 saturated carbocycles. The van der Waals surface area contributed by atoms with Gasteiger partial charge in [-0.1, -0.05) is 30.3 Å². The first-order chi connectivity index (χ1) is 11.2. The maximum Gasteiger partial charge on any atom is 0.273 e. The van der Waals surface area contributed by atoms with Gasteiger partial charge in [0.25, 0.3) is 5.91 Å². The van der Waals surface area contributed by atoms with Crippen LogP contribution in [0.1, 0.15) is 23.8 Å². The summed E-state index contributed by atoms with van der Waals surface area (Å²) in [5.74, 6) is 0.398. The summed E-state index contributed by atoms with van der Waals surface area (Å²) in [6.45, 7) is 4.92. The topological polar surface area (TPSA) is 58.2 Å². The molecule has 0 radical (unpaired) electrons. The number of carbonyl (C=O) groups excluding carboxylic acids is 1. The van der Waals surface area contributed by atoms with E-state index in [-0.39, 0.29) is 5.91 Å². The Morgan fingerprint density at radius 2 is 2.22 bits per heavy atom. The summed E-state index contributed by atoms with van der Waals surface area (Å²) in [5.41, 5.74) is 2.24. The second kappa shape index (κ2) is 7.27. The number of nitrogens with zero attached hydrogens (tertiary/aromatic N) is 2. The molecule has 1 N–H and O–H groups in total. The molecule has 1 aromatic heterocycles. The Kier molecular flexibility index (Phi) is 5.13. The van der Waals surface area contributed by atoms with Gasteiger partial charge in [-0.05, 0) is 29.3 Å². The fraction of sp³-hybridized carbons (Fsp3) is 0.412. The summed E-state index contributed by atoms with van der Waals surface area (Å²) in [5, 5.41) is 7.20. The van der Waals surface area contributed by atoms with Crippen molar-refractivity contribution in [1.29, 1.82) is 0 Å². The Morgan fingerprint density at radius 3 is 2.87 bits per heavy atom. The number of ether oxygens (including phenoxy) is 1. The number of rotatable bonds is 5. The van der Waals surface area contributed by atoms with E-state index in [0.717, 1.165) is 41.9 Å². The molecular formula is C17H20BrN3O2. The predicted octanol–water partition coefficient (Wildman–Crippen LogP) is 3.34. The highest BCUT2D eigenvalue weighted by atomic mass is 79.9. The third-order valence-corrected chi connectivity index (χ3v) is 4.91. The second-order valence-electron chi connectivity index (χ2n) is 5.70. The van der Waals surface area contributed by atoms with Crippen LogP contribution in [0.4, 0.5) is 0 Å². The van der Waals surface area contributed by atoms with Gasteiger partial charge in [-0.25, -0.2) is 0 Å². The zero-order valence-corrected chi connectivity index (χ0v) is 14.7. The molecule has 2 heterocycles. The van der Waals surface area contributed by atoms with E-state index >= 15 is 0 Å². The molecule has 1 atom stereocenters. The number of carbonyl (C=O) groups is 1. The van der Waals surface area contributed by atoms with Crippen molar-refractivity contribution in [2.75, 3.05) is 26.3 Å². The first-order valence-electron chi connectivity index (χ1n) is 7.87. The number of nitrogens with one attached hydrogen (secondary N) is 1. The number of halogens is 1. The molecule has 0 aliphatic carbocycles. The van der Waals surface area contributed by atoms with Gasteiger partial charge in [-0.3, -0.25) is 9.89 Å². The van der Waals surface area contributed by atoms with Crippen molar-refractivity contribution >= 4 is 21.8 Å². The zero-order chi connectivity index (χ0) is 16.2. The van der Waals surface area contributed by atoms with Crippen LogP contribution in [0.2, 0.25) is 0 Å². The van der Waals surface area contributed by atoms with Crippen LogP contribution in [0.25, 0.3) is 11.3 Å². The van der Waals surface area contributed by atoms with Gasteiger partial charge in [0.05, 0.1) is 11.1 Å². The highest BCUT2D eigenvalue weighted by Crippen LogP contribution is 2.29. The molecule has 1 amide bonds. The monoisotopic (exact) mass is 377 g/mol. The summed E-state index contributed by atoms with van der Waals surface area (Å²) in [6.07, 6.45) is 1.02. The maximum atomic E-state index is 12.8. The van der Waals surface area contributed by atoms with E-state index < -0.39 is 0 Å². The minimum Gasteiger partial charge on any atom is -0.381 e. The van der Waals surface area contributed by atoms with Crippen molar-refractivity contribution in [3.8, 4) is 11.3 Å². The van der Waals surface area contributed by atoms with Gasteiger partial charge in [0, 0.05) is 31.2 Å². The van der Waals surface area contributed by atoms with E-state index in [1.54, 1.807) is 0 Å². The van der Waals surface area contributed by atoms with Crippen molar-refractivity contribution in [3.05, 3.63) is 40.5 Å². The van der Waals surface area contributed by atoms with Gasteiger partial charge in [0.1, 0.15) is 11.4 Å². The molecule has 1 aliphatic rings. The predicted molar refractivity (Wildman–Crippen MR) is 92.2 cm³/mol. The number of hydrogen-bond donors (Lipinski definition) is 1. The lowest BCUT2D eigenvalue weighted by Gasteiger charge is -2.23. The Morgan fingerprint density at radius 1 is 1.43 bits per heavy atom. The Balaban J connectivity index is 1.80. The lowest BCUT2D eigenvalue weighted by Crippen LogP contribution is -2.35. The average Bonchev–Trinajstić information content (AvgIpc) is 3.22. The van der Waals surface area contributed by atoms with Crippen molar-refractivity contribution in [1.82, 2.24) is 15.1 Å². The number of hydrogen-bond acceptors (Lipinski definition) is 3. The first kappa shape index (κ1) is 16.2. The summed E-state index contributed by atoms with van der Waals surface area (Å²) in [7, 11) is 0. The third-order valence-electron chi connectivity index (χ3n) is 4.14. The molecule has 1 fully saturated rings. The Hall–Kier alpha value is -1.66. The SMILES string of the molecule is CCN(C[C@@H]1CCOC1)C(=O)c1[nH]nc(-c2ccccc2)c1Br. The van der Waals surface area contributed by atoms with Crippen LogP contribution in [0.3, 0.4) is 0 Å². The smallest absolute Gasteiger partial charge is 0.273 e. The number of aromatic nitrogens is 2. The molecule has 122 valence electrons. The minimum absolute atomic E-state index is 0.0269. The van der Waals surface area contributed by atoms with E-state index in [4.69, 9.17) is 4.74 Å². The number of H-pyrrole nitrogens is 1. The van der Waals surface area contributed by atoms with Gasteiger partial charge in [0.15, 0.2) is 0 Å². The highest BCUT2D eigenvalue weighted by Gasteiger charge is 2.26. The van der Waals surface area contributed by atoms with Crippen LogP contribution in [0.5, 0.6) is 0 Å². The van der Waals surface area contributed by atoms with Crippen molar-refractivity contribution in [2.45, 2.75) is 13.3 Å². The van der Waals surface area contributed by atoms with Gasteiger partial charge < -0.3 is 9.64 Å². The Bertz CT molecular complexity index is 666. The molecule has 0 unspecified atom stereocenters. The van der Waals surface area contributed by atoms with Gasteiger partial charge in [0.2, 0.25) is 0 Å². The highest BCUT2D eigenvalue weighted by molar-refractivity contribution is 9.10. The average molecular weight is 378 g/mol. The van der Waals surface area contributed by atoms with Crippen LogP contribution >= 0.6 is 15.9 Å². The van der Waals surface area contributed by atoms with Crippen LogP contribution in [0, 0.1) is 5.92 Å². The number of aromatic amines is 1. The lowest BCUT2D eigenvalue weighted by atomic mass is 10.1. The molecule has 2 aromatic rings. The van der Waals surface area contributed by atoms with Crippen LogP contribution in [-0.2, 0) is 4.74 Å². The fourth-order valence-electron chi connectivity index (χ4n) is 2.81. The molecule has 1 saturated heterocycles. The third kappa shape index (κ3) is 3.48.